The van der Waals surface area contributed by atoms with Crippen molar-refractivity contribution >= 4 is 18.3 Å². The fourth-order valence-electron chi connectivity index (χ4n) is 2.99. The smallest absolute Gasteiger partial charge is 0.220 e. The molecule has 3 N–H and O–H groups in total. The molecule has 1 fully saturated rings. The highest BCUT2D eigenvalue weighted by molar-refractivity contribution is 5.85. The number of amides is 1. The molecule has 0 atom stereocenters. The Morgan fingerprint density at radius 1 is 1.21 bits per heavy atom. The minimum Gasteiger partial charge on any atom is -0.356 e. The first-order valence-corrected chi connectivity index (χ1v) is 7.62. The number of carbonyl (C=O) groups is 1. The Morgan fingerprint density at radius 3 is 2.26 bits per heavy atom. The van der Waals surface area contributed by atoms with Crippen molar-refractivity contribution in [3.63, 3.8) is 0 Å². The van der Waals surface area contributed by atoms with Gasteiger partial charge in [0.25, 0.3) is 0 Å². The van der Waals surface area contributed by atoms with E-state index in [9.17, 15) is 4.79 Å². The molecule has 1 amide bonds. The van der Waals surface area contributed by atoms with Crippen molar-refractivity contribution in [2.45, 2.75) is 65.2 Å². The molecule has 1 saturated carbocycles. The average molecular weight is 291 g/mol. The molecule has 0 aromatic heterocycles. The molecule has 4 heteroatoms. The summed E-state index contributed by atoms with van der Waals surface area (Å²) in [4.78, 5) is 12.0. The minimum absolute atomic E-state index is 0. The van der Waals surface area contributed by atoms with Crippen molar-refractivity contribution in [2.75, 3.05) is 13.1 Å². The Hall–Kier alpha value is -0.280. The summed E-state index contributed by atoms with van der Waals surface area (Å²) in [5.74, 6) is 0.823. The van der Waals surface area contributed by atoms with Crippen LogP contribution in [0.5, 0.6) is 0 Å². The molecule has 0 saturated heterocycles. The van der Waals surface area contributed by atoms with Gasteiger partial charge in [-0.05, 0) is 30.7 Å². The molecular formula is C15H31ClN2O. The number of carbonyl (C=O) groups excluding carboxylic acids is 1. The molecule has 0 bridgehead atoms. The van der Waals surface area contributed by atoms with Crippen molar-refractivity contribution in [1.82, 2.24) is 5.32 Å². The topological polar surface area (TPSA) is 55.1 Å². The van der Waals surface area contributed by atoms with E-state index in [0.29, 0.717) is 18.9 Å². The Morgan fingerprint density at radius 2 is 1.79 bits per heavy atom. The Bertz CT molecular complexity index is 249. The highest BCUT2D eigenvalue weighted by Crippen LogP contribution is 2.38. The Kier molecular flexibility index (Phi) is 9.46. The van der Waals surface area contributed by atoms with Gasteiger partial charge in [0.1, 0.15) is 0 Å². The van der Waals surface area contributed by atoms with Gasteiger partial charge in [0, 0.05) is 13.0 Å². The predicted octanol–water partition coefficient (Wildman–Crippen LogP) is 3.26. The lowest BCUT2D eigenvalue weighted by molar-refractivity contribution is -0.124. The second-order valence-corrected chi connectivity index (χ2v) is 5.93. The van der Waals surface area contributed by atoms with Crippen molar-refractivity contribution < 1.29 is 4.79 Å². The zero-order valence-electron chi connectivity index (χ0n) is 12.5. The van der Waals surface area contributed by atoms with E-state index in [1.807, 2.05) is 0 Å². The molecule has 3 nitrogen and oxygen atoms in total. The van der Waals surface area contributed by atoms with Gasteiger partial charge in [0.05, 0.1) is 0 Å². The zero-order valence-corrected chi connectivity index (χ0v) is 13.4. The largest absolute Gasteiger partial charge is 0.356 e. The van der Waals surface area contributed by atoms with Gasteiger partial charge in [-0.15, -0.1) is 12.4 Å². The van der Waals surface area contributed by atoms with E-state index in [-0.39, 0.29) is 23.7 Å². The van der Waals surface area contributed by atoms with E-state index in [0.717, 1.165) is 32.2 Å². The maximum atomic E-state index is 12.0. The minimum atomic E-state index is 0. The maximum absolute atomic E-state index is 12.0. The third-order valence-electron chi connectivity index (χ3n) is 4.63. The van der Waals surface area contributed by atoms with Crippen molar-refractivity contribution in [3.8, 4) is 0 Å². The van der Waals surface area contributed by atoms with Crippen LogP contribution in [0.25, 0.3) is 0 Å². The van der Waals surface area contributed by atoms with Crippen LogP contribution < -0.4 is 11.1 Å². The molecule has 0 spiro atoms. The van der Waals surface area contributed by atoms with Crippen LogP contribution in [0.1, 0.15) is 65.2 Å². The second-order valence-electron chi connectivity index (χ2n) is 5.93. The van der Waals surface area contributed by atoms with Crippen LogP contribution in [-0.4, -0.2) is 19.0 Å². The van der Waals surface area contributed by atoms with Gasteiger partial charge < -0.3 is 11.1 Å². The number of halogens is 1. The van der Waals surface area contributed by atoms with Gasteiger partial charge in [-0.2, -0.15) is 0 Å². The summed E-state index contributed by atoms with van der Waals surface area (Å²) in [6.07, 6.45) is 8.93. The lowest BCUT2D eigenvalue weighted by Crippen LogP contribution is -2.39. The maximum Gasteiger partial charge on any atom is 0.220 e. The van der Waals surface area contributed by atoms with Crippen LogP contribution in [0.4, 0.5) is 0 Å². The van der Waals surface area contributed by atoms with E-state index in [4.69, 9.17) is 5.73 Å². The summed E-state index contributed by atoms with van der Waals surface area (Å²) in [5, 5.41) is 3.10. The zero-order chi connectivity index (χ0) is 13.4. The number of rotatable bonds is 7. The van der Waals surface area contributed by atoms with Crippen LogP contribution in [0.15, 0.2) is 0 Å². The average Bonchev–Trinajstić information content (AvgIpc) is 2.41. The van der Waals surface area contributed by atoms with E-state index < -0.39 is 0 Å². The van der Waals surface area contributed by atoms with E-state index >= 15 is 0 Å². The molecular weight excluding hydrogens is 260 g/mol. The fourth-order valence-corrected chi connectivity index (χ4v) is 2.99. The van der Waals surface area contributed by atoms with E-state index in [2.05, 4.69) is 19.2 Å². The third kappa shape index (κ3) is 6.13. The monoisotopic (exact) mass is 290 g/mol. The molecule has 19 heavy (non-hydrogen) atoms. The van der Waals surface area contributed by atoms with Gasteiger partial charge in [0.2, 0.25) is 5.91 Å². The van der Waals surface area contributed by atoms with Crippen LogP contribution in [0.2, 0.25) is 0 Å². The summed E-state index contributed by atoms with van der Waals surface area (Å²) in [6.45, 7) is 5.85. The standard InChI is InChI=1S/C15H30N2O.ClH/c1-3-13(4-2)11-17-14(18)10-15(12-16)8-6-5-7-9-15;/h13H,3-12,16H2,1-2H3,(H,17,18);1H. The predicted molar refractivity (Wildman–Crippen MR) is 83.5 cm³/mol. The Balaban J connectivity index is 0.00000324. The van der Waals surface area contributed by atoms with Crippen LogP contribution >= 0.6 is 12.4 Å². The molecule has 0 heterocycles. The van der Waals surface area contributed by atoms with Gasteiger partial charge in [0.15, 0.2) is 0 Å². The highest BCUT2D eigenvalue weighted by Gasteiger charge is 2.32. The number of nitrogens with one attached hydrogen (secondary N) is 1. The number of hydrogen-bond donors (Lipinski definition) is 2. The molecule has 0 radical (unpaired) electrons. The lowest BCUT2D eigenvalue weighted by Gasteiger charge is -2.35. The molecule has 1 aliphatic rings. The van der Waals surface area contributed by atoms with Gasteiger partial charge >= 0.3 is 0 Å². The summed E-state index contributed by atoms with van der Waals surface area (Å²) in [6, 6.07) is 0. The Labute approximate surface area is 124 Å². The van der Waals surface area contributed by atoms with Gasteiger partial charge in [-0.3, -0.25) is 4.79 Å². The van der Waals surface area contributed by atoms with E-state index in [1.165, 1.54) is 19.3 Å². The van der Waals surface area contributed by atoms with Crippen LogP contribution in [0, 0.1) is 11.3 Å². The summed E-state index contributed by atoms with van der Waals surface area (Å²) in [5.41, 5.74) is 6.01. The molecule has 0 aliphatic heterocycles. The molecule has 0 unspecified atom stereocenters. The second kappa shape index (κ2) is 9.60. The van der Waals surface area contributed by atoms with Gasteiger partial charge in [-0.1, -0.05) is 46.0 Å². The molecule has 114 valence electrons. The quantitative estimate of drug-likeness (QED) is 0.756. The van der Waals surface area contributed by atoms with Crippen LogP contribution in [-0.2, 0) is 4.79 Å². The highest BCUT2D eigenvalue weighted by atomic mass is 35.5. The molecule has 1 rings (SSSR count). The van der Waals surface area contributed by atoms with E-state index in [1.54, 1.807) is 0 Å². The van der Waals surface area contributed by atoms with Gasteiger partial charge in [-0.25, -0.2) is 0 Å². The normalized spacial score (nSPS) is 17.9. The fraction of sp³-hybridized carbons (Fsp3) is 0.933. The first kappa shape index (κ1) is 18.7. The summed E-state index contributed by atoms with van der Waals surface area (Å²) >= 11 is 0. The van der Waals surface area contributed by atoms with Crippen LogP contribution in [0.3, 0.4) is 0 Å². The van der Waals surface area contributed by atoms with Crippen molar-refractivity contribution in [1.29, 1.82) is 0 Å². The number of nitrogens with two attached hydrogens (primary N) is 1. The molecule has 0 aromatic carbocycles. The summed E-state index contributed by atoms with van der Waals surface area (Å²) < 4.78 is 0. The molecule has 0 aromatic rings. The molecule has 1 aliphatic carbocycles. The SMILES string of the molecule is CCC(CC)CNC(=O)CC1(CN)CCCCC1.Cl. The van der Waals surface area contributed by atoms with Crippen molar-refractivity contribution in [3.05, 3.63) is 0 Å². The first-order chi connectivity index (χ1) is 8.65. The first-order valence-electron chi connectivity index (χ1n) is 7.62. The summed E-state index contributed by atoms with van der Waals surface area (Å²) in [7, 11) is 0. The van der Waals surface area contributed by atoms with Crippen molar-refractivity contribution in [2.24, 2.45) is 17.1 Å². The third-order valence-corrected chi connectivity index (χ3v) is 4.63. The lowest BCUT2D eigenvalue weighted by atomic mass is 9.71. The number of hydrogen-bond acceptors (Lipinski definition) is 2.